The summed E-state index contributed by atoms with van der Waals surface area (Å²) in [6.07, 6.45) is 8.04. The van der Waals surface area contributed by atoms with Crippen LogP contribution in [0, 0.1) is 5.92 Å². The summed E-state index contributed by atoms with van der Waals surface area (Å²) >= 11 is 0. The van der Waals surface area contributed by atoms with Gasteiger partial charge in [0.1, 0.15) is 11.9 Å². The number of rotatable bonds is 4. The summed E-state index contributed by atoms with van der Waals surface area (Å²) in [4.78, 5) is 12.8. The molecule has 1 aliphatic heterocycles. The van der Waals surface area contributed by atoms with E-state index in [2.05, 4.69) is 26.8 Å². The smallest absolute Gasteiger partial charge is 0.127 e. The van der Waals surface area contributed by atoms with Gasteiger partial charge in [0.25, 0.3) is 0 Å². The highest BCUT2D eigenvalue weighted by Crippen LogP contribution is 2.32. The lowest BCUT2D eigenvalue weighted by molar-refractivity contribution is 0.220. The second kappa shape index (κ2) is 7.28. The molecule has 27 heavy (non-hydrogen) atoms. The van der Waals surface area contributed by atoms with Crippen molar-refractivity contribution in [2.45, 2.75) is 12.6 Å². The highest BCUT2D eigenvalue weighted by atomic mass is 19.1. The van der Waals surface area contributed by atoms with E-state index in [4.69, 9.17) is 0 Å². The van der Waals surface area contributed by atoms with Crippen molar-refractivity contribution in [3.05, 3.63) is 61.6 Å². The van der Waals surface area contributed by atoms with Crippen LogP contribution < -0.4 is 5.32 Å². The molecular weight excluding hydrogens is 345 g/mol. The van der Waals surface area contributed by atoms with Gasteiger partial charge in [-0.05, 0) is 30.7 Å². The van der Waals surface area contributed by atoms with Crippen LogP contribution >= 0.6 is 0 Å². The van der Waals surface area contributed by atoms with E-state index in [-0.39, 0.29) is 11.7 Å². The Balaban J connectivity index is 1.56. The number of phenols is 1. The molecule has 0 unspecified atom stereocenters. The molecule has 3 heterocycles. The van der Waals surface area contributed by atoms with Crippen LogP contribution in [-0.2, 0) is 0 Å². The second-order valence-corrected chi connectivity index (χ2v) is 6.60. The molecule has 3 aromatic rings. The lowest BCUT2D eigenvalue weighted by atomic mass is 9.88. The van der Waals surface area contributed by atoms with Crippen molar-refractivity contribution in [2.75, 3.05) is 13.1 Å². The quantitative estimate of drug-likeness (QED) is 0.743. The van der Waals surface area contributed by atoms with Crippen LogP contribution in [0.15, 0.2) is 55.9 Å². The summed E-state index contributed by atoms with van der Waals surface area (Å²) < 4.78 is 15.9. The van der Waals surface area contributed by atoms with E-state index in [9.17, 15) is 9.50 Å². The summed E-state index contributed by atoms with van der Waals surface area (Å²) in [6, 6.07) is 5.30. The Morgan fingerprint density at radius 3 is 2.85 bits per heavy atom. The molecule has 1 saturated heterocycles. The molecule has 0 saturated carbocycles. The molecule has 2 aromatic heterocycles. The fourth-order valence-corrected chi connectivity index (χ4v) is 3.35. The molecule has 138 valence electrons. The lowest BCUT2D eigenvalue weighted by Gasteiger charge is -2.28. The number of hydrogen-bond donors (Lipinski definition) is 2. The molecule has 0 radical (unpaired) electrons. The first-order valence-electron chi connectivity index (χ1n) is 8.81. The third-order valence-electron chi connectivity index (χ3n) is 4.90. The zero-order valence-corrected chi connectivity index (χ0v) is 14.7. The van der Waals surface area contributed by atoms with Crippen molar-refractivity contribution in [1.29, 1.82) is 0 Å². The van der Waals surface area contributed by atoms with E-state index in [1.54, 1.807) is 47.8 Å². The monoisotopic (exact) mass is 365 g/mol. The van der Waals surface area contributed by atoms with E-state index in [1.165, 1.54) is 0 Å². The van der Waals surface area contributed by atoms with Crippen molar-refractivity contribution in [1.82, 2.24) is 24.8 Å². The van der Waals surface area contributed by atoms with Gasteiger partial charge in [0.2, 0.25) is 0 Å². The summed E-state index contributed by atoms with van der Waals surface area (Å²) in [5, 5.41) is 13.4. The number of piperidine rings is 1. The minimum absolute atomic E-state index is 0.101. The first-order valence-corrected chi connectivity index (χ1v) is 8.81. The molecular formula is C20H20FN5O. The predicted molar refractivity (Wildman–Crippen MR) is 101 cm³/mol. The number of phenolic OH excluding ortho intramolecular Hbond substituents is 1. The van der Waals surface area contributed by atoms with Crippen LogP contribution in [0.3, 0.4) is 0 Å². The van der Waals surface area contributed by atoms with Crippen LogP contribution in [0.1, 0.15) is 12.1 Å². The Bertz CT molecular complexity index is 940. The average molecular weight is 365 g/mol. The molecule has 1 aliphatic rings. The molecule has 6 nitrogen and oxygen atoms in total. The zero-order chi connectivity index (χ0) is 18.8. The second-order valence-electron chi connectivity index (χ2n) is 6.60. The molecule has 0 bridgehead atoms. The molecule has 0 aliphatic carbocycles. The molecule has 1 aromatic carbocycles. The fraction of sp³-hybridized carbons (Fsp3) is 0.250. The van der Waals surface area contributed by atoms with E-state index in [0.29, 0.717) is 35.5 Å². The molecule has 1 fully saturated rings. The Labute approximate surface area is 156 Å². The maximum absolute atomic E-state index is 14.1. The number of nitrogens with one attached hydrogen (secondary N) is 1. The number of alkyl halides is 1. The fourth-order valence-electron chi connectivity index (χ4n) is 3.35. The summed E-state index contributed by atoms with van der Waals surface area (Å²) in [7, 11) is 0. The Morgan fingerprint density at radius 2 is 2.19 bits per heavy atom. The number of allylic oxidation sites excluding steroid dienone is 1. The number of halogens is 1. The number of hydrogen-bond acceptors (Lipinski definition) is 5. The van der Waals surface area contributed by atoms with Gasteiger partial charge in [-0.3, -0.25) is 9.97 Å². The van der Waals surface area contributed by atoms with E-state index in [1.807, 2.05) is 6.07 Å². The van der Waals surface area contributed by atoms with Crippen LogP contribution in [0.4, 0.5) is 4.39 Å². The van der Waals surface area contributed by atoms with Crippen molar-refractivity contribution in [2.24, 2.45) is 5.92 Å². The molecule has 2 atom stereocenters. The summed E-state index contributed by atoms with van der Waals surface area (Å²) in [6.45, 7) is 5.14. The summed E-state index contributed by atoms with van der Waals surface area (Å²) in [5.41, 5.74) is 3.18. The molecule has 0 spiro atoms. The maximum Gasteiger partial charge on any atom is 0.127 e. The Morgan fingerprint density at radius 1 is 1.30 bits per heavy atom. The van der Waals surface area contributed by atoms with Gasteiger partial charge in [-0.1, -0.05) is 6.58 Å². The first-order chi connectivity index (χ1) is 13.1. The number of benzene rings is 1. The Hall–Kier alpha value is -3.06. The van der Waals surface area contributed by atoms with Crippen molar-refractivity contribution >= 4 is 5.57 Å². The SMILES string of the molecule is C=C(c1cnc(-c2ccc(-n3ccnc3)cc2O)cn1)[C@H]1CCNC[C@H]1F. The van der Waals surface area contributed by atoms with Gasteiger partial charge >= 0.3 is 0 Å². The lowest BCUT2D eigenvalue weighted by Crippen LogP contribution is -2.38. The van der Waals surface area contributed by atoms with E-state index in [0.717, 1.165) is 12.2 Å². The number of nitrogens with zero attached hydrogens (tertiary/aromatic N) is 4. The van der Waals surface area contributed by atoms with Gasteiger partial charge in [-0.15, -0.1) is 0 Å². The van der Waals surface area contributed by atoms with Crippen LogP contribution in [0.25, 0.3) is 22.5 Å². The van der Waals surface area contributed by atoms with Crippen LogP contribution in [0.2, 0.25) is 0 Å². The van der Waals surface area contributed by atoms with E-state index < -0.39 is 6.17 Å². The van der Waals surface area contributed by atoms with Gasteiger partial charge in [-0.2, -0.15) is 0 Å². The largest absolute Gasteiger partial charge is 0.507 e. The van der Waals surface area contributed by atoms with Gasteiger partial charge in [0.15, 0.2) is 0 Å². The molecule has 0 amide bonds. The number of imidazole rings is 1. The third-order valence-corrected chi connectivity index (χ3v) is 4.90. The highest BCUT2D eigenvalue weighted by Gasteiger charge is 2.28. The average Bonchev–Trinajstić information content (AvgIpc) is 3.23. The maximum atomic E-state index is 14.1. The molecule has 4 rings (SSSR count). The summed E-state index contributed by atoms with van der Waals surface area (Å²) in [5.74, 6) is -0.140. The van der Waals surface area contributed by atoms with Gasteiger partial charge < -0.3 is 15.0 Å². The predicted octanol–water partition coefficient (Wildman–Crippen LogP) is 3.00. The first kappa shape index (κ1) is 17.4. The van der Waals surface area contributed by atoms with Crippen molar-refractivity contribution < 1.29 is 9.50 Å². The zero-order valence-electron chi connectivity index (χ0n) is 14.7. The van der Waals surface area contributed by atoms with Gasteiger partial charge in [-0.25, -0.2) is 9.37 Å². The Kier molecular flexibility index (Phi) is 4.68. The van der Waals surface area contributed by atoms with Crippen LogP contribution in [-0.4, -0.2) is 43.9 Å². The number of aromatic nitrogens is 4. The standard InChI is InChI=1S/C20H20FN5O/c1-13(15-4-5-22-9-17(15)21)18-10-25-19(11-24-18)16-3-2-14(8-20(16)27)26-7-6-23-12-26/h2-3,6-8,10-12,15,17,22,27H,1,4-5,9H2/t15-,17-/m1/s1. The third kappa shape index (κ3) is 3.46. The number of aromatic hydroxyl groups is 1. The molecule has 7 heteroatoms. The van der Waals surface area contributed by atoms with Crippen LogP contribution in [0.5, 0.6) is 5.75 Å². The minimum atomic E-state index is -0.965. The van der Waals surface area contributed by atoms with Crippen molar-refractivity contribution in [3.8, 4) is 22.7 Å². The normalized spacial score (nSPS) is 19.7. The highest BCUT2D eigenvalue weighted by molar-refractivity contribution is 5.69. The van der Waals surface area contributed by atoms with Gasteiger partial charge in [0.05, 0.1) is 35.8 Å². The van der Waals surface area contributed by atoms with Crippen molar-refractivity contribution in [3.63, 3.8) is 0 Å². The molecule has 2 N–H and O–H groups in total. The topological polar surface area (TPSA) is 75.9 Å². The minimum Gasteiger partial charge on any atom is -0.507 e. The van der Waals surface area contributed by atoms with E-state index >= 15 is 0 Å². The van der Waals surface area contributed by atoms with Gasteiger partial charge in [0, 0.05) is 36.5 Å².